The van der Waals surface area contributed by atoms with Crippen LogP contribution < -0.4 is 10.2 Å². The molecule has 2 heterocycles. The van der Waals surface area contributed by atoms with Gasteiger partial charge in [0.2, 0.25) is 0 Å². The van der Waals surface area contributed by atoms with Crippen molar-refractivity contribution in [1.29, 1.82) is 0 Å². The highest BCUT2D eigenvalue weighted by Crippen LogP contribution is 2.29. The van der Waals surface area contributed by atoms with Gasteiger partial charge in [-0.2, -0.15) is 0 Å². The van der Waals surface area contributed by atoms with Crippen LogP contribution in [0.15, 0.2) is 16.7 Å². The lowest BCUT2D eigenvalue weighted by molar-refractivity contribution is 0.380. The molecule has 1 N–H and O–H groups in total. The molecule has 1 aromatic heterocycles. The van der Waals surface area contributed by atoms with Crippen LogP contribution in [0, 0.1) is 12.8 Å². The fourth-order valence-corrected chi connectivity index (χ4v) is 3.44. The maximum absolute atomic E-state index is 4.57. The summed E-state index contributed by atoms with van der Waals surface area (Å²) >= 11 is 3.64. The third-order valence-electron chi connectivity index (χ3n) is 4.15. The van der Waals surface area contributed by atoms with E-state index in [-0.39, 0.29) is 0 Å². The highest BCUT2D eigenvalue weighted by Gasteiger charge is 2.25. The first-order valence-electron chi connectivity index (χ1n) is 7.33. The van der Waals surface area contributed by atoms with Crippen molar-refractivity contribution < 1.29 is 0 Å². The monoisotopic (exact) mass is 323 g/mol. The van der Waals surface area contributed by atoms with Crippen LogP contribution in [0.1, 0.15) is 31.2 Å². The number of pyridine rings is 1. The summed E-state index contributed by atoms with van der Waals surface area (Å²) in [6, 6.07) is 2.99. The van der Waals surface area contributed by atoms with Gasteiger partial charge in [-0.05, 0) is 72.6 Å². The van der Waals surface area contributed by atoms with E-state index >= 15 is 0 Å². The number of piperidine rings is 1. The molecule has 104 valence electrons. The minimum atomic E-state index is 0.839. The molecule has 3 rings (SSSR count). The number of aryl methyl sites for hydroxylation is 1. The van der Waals surface area contributed by atoms with Crippen LogP contribution in [0.2, 0.25) is 0 Å². The van der Waals surface area contributed by atoms with Crippen LogP contribution >= 0.6 is 15.9 Å². The Balaban J connectivity index is 1.53. The summed E-state index contributed by atoms with van der Waals surface area (Å²) in [6.45, 7) is 5.55. The molecule has 0 aromatic carbocycles. The van der Waals surface area contributed by atoms with Crippen LogP contribution in [0.5, 0.6) is 0 Å². The Labute approximate surface area is 123 Å². The molecule has 0 atom stereocenters. The number of nitrogens with one attached hydrogen (secondary N) is 1. The Kier molecular flexibility index (Phi) is 4.08. The highest BCUT2D eigenvalue weighted by atomic mass is 79.9. The molecule has 2 aliphatic rings. The van der Waals surface area contributed by atoms with Gasteiger partial charge < -0.3 is 10.2 Å². The molecule has 19 heavy (non-hydrogen) atoms. The van der Waals surface area contributed by atoms with E-state index < -0.39 is 0 Å². The largest absolute Gasteiger partial charge is 0.356 e. The van der Waals surface area contributed by atoms with Crippen molar-refractivity contribution in [2.24, 2.45) is 5.92 Å². The SMILES string of the molecule is Cc1cnc(N2CCC(CNC3CC3)CC2)c(Br)c1. The first-order valence-corrected chi connectivity index (χ1v) is 8.12. The predicted molar refractivity (Wildman–Crippen MR) is 82.6 cm³/mol. The zero-order valence-corrected chi connectivity index (χ0v) is 13.1. The van der Waals surface area contributed by atoms with E-state index in [1.807, 2.05) is 6.20 Å². The van der Waals surface area contributed by atoms with Gasteiger partial charge in [-0.15, -0.1) is 0 Å². The molecule has 4 heteroatoms. The average Bonchev–Trinajstić information content (AvgIpc) is 3.21. The second-order valence-electron chi connectivity index (χ2n) is 5.93. The van der Waals surface area contributed by atoms with Crippen molar-refractivity contribution in [3.8, 4) is 0 Å². The number of hydrogen-bond donors (Lipinski definition) is 1. The van der Waals surface area contributed by atoms with Gasteiger partial charge in [0.15, 0.2) is 0 Å². The summed E-state index contributed by atoms with van der Waals surface area (Å²) in [5.74, 6) is 1.96. The lowest BCUT2D eigenvalue weighted by Crippen LogP contribution is -2.38. The molecule has 1 aliphatic carbocycles. The van der Waals surface area contributed by atoms with Gasteiger partial charge in [-0.1, -0.05) is 0 Å². The lowest BCUT2D eigenvalue weighted by atomic mass is 9.96. The number of nitrogens with zero attached hydrogens (tertiary/aromatic N) is 2. The number of halogens is 1. The Bertz CT molecular complexity index is 437. The second kappa shape index (κ2) is 5.80. The normalized spacial score (nSPS) is 20.8. The quantitative estimate of drug-likeness (QED) is 0.922. The molecule has 0 spiro atoms. The molecular formula is C15H22BrN3. The van der Waals surface area contributed by atoms with E-state index in [1.165, 1.54) is 37.8 Å². The fourth-order valence-electron chi connectivity index (χ4n) is 2.73. The molecule has 3 nitrogen and oxygen atoms in total. The first kappa shape index (κ1) is 13.4. The van der Waals surface area contributed by atoms with Crippen molar-refractivity contribution in [3.63, 3.8) is 0 Å². The van der Waals surface area contributed by atoms with E-state index in [0.717, 1.165) is 35.3 Å². The van der Waals surface area contributed by atoms with Gasteiger partial charge in [-0.25, -0.2) is 4.98 Å². The van der Waals surface area contributed by atoms with Crippen molar-refractivity contribution >= 4 is 21.7 Å². The Morgan fingerprint density at radius 3 is 2.68 bits per heavy atom. The zero-order chi connectivity index (χ0) is 13.2. The minimum Gasteiger partial charge on any atom is -0.356 e. The highest BCUT2D eigenvalue weighted by molar-refractivity contribution is 9.10. The van der Waals surface area contributed by atoms with Gasteiger partial charge in [0, 0.05) is 25.3 Å². The maximum atomic E-state index is 4.57. The zero-order valence-electron chi connectivity index (χ0n) is 11.5. The average molecular weight is 324 g/mol. The summed E-state index contributed by atoms with van der Waals surface area (Å²) in [5, 5.41) is 3.66. The molecule has 0 amide bonds. The molecule has 0 unspecified atom stereocenters. The van der Waals surface area contributed by atoms with E-state index in [9.17, 15) is 0 Å². The standard InChI is InChI=1S/C15H22BrN3/c1-11-8-14(16)15(18-9-11)19-6-4-12(5-7-19)10-17-13-2-3-13/h8-9,12-13,17H,2-7,10H2,1H3. The van der Waals surface area contributed by atoms with Gasteiger partial charge >= 0.3 is 0 Å². The Morgan fingerprint density at radius 2 is 2.05 bits per heavy atom. The van der Waals surface area contributed by atoms with Crippen LogP contribution in [0.25, 0.3) is 0 Å². The Morgan fingerprint density at radius 1 is 1.32 bits per heavy atom. The summed E-state index contributed by atoms with van der Waals surface area (Å²) in [6.07, 6.45) is 7.29. The van der Waals surface area contributed by atoms with Crippen molar-refractivity contribution in [2.45, 2.75) is 38.6 Å². The molecule has 1 aliphatic heterocycles. The number of aromatic nitrogens is 1. The van der Waals surface area contributed by atoms with Crippen LogP contribution in [0.4, 0.5) is 5.82 Å². The summed E-state index contributed by atoms with van der Waals surface area (Å²) in [7, 11) is 0. The van der Waals surface area contributed by atoms with Crippen molar-refractivity contribution in [3.05, 3.63) is 22.3 Å². The Hall–Kier alpha value is -0.610. The van der Waals surface area contributed by atoms with Gasteiger partial charge in [0.1, 0.15) is 5.82 Å². The molecule has 2 fully saturated rings. The molecular weight excluding hydrogens is 302 g/mol. The molecule has 1 saturated carbocycles. The van der Waals surface area contributed by atoms with Crippen LogP contribution in [-0.4, -0.2) is 30.7 Å². The molecule has 0 bridgehead atoms. The molecule has 0 radical (unpaired) electrons. The van der Waals surface area contributed by atoms with Crippen molar-refractivity contribution in [1.82, 2.24) is 10.3 Å². The van der Waals surface area contributed by atoms with E-state index in [1.54, 1.807) is 0 Å². The van der Waals surface area contributed by atoms with Crippen LogP contribution in [-0.2, 0) is 0 Å². The van der Waals surface area contributed by atoms with Gasteiger partial charge in [0.25, 0.3) is 0 Å². The number of rotatable bonds is 4. The number of hydrogen-bond acceptors (Lipinski definition) is 3. The summed E-state index contributed by atoms with van der Waals surface area (Å²) in [5.41, 5.74) is 1.21. The van der Waals surface area contributed by atoms with Gasteiger partial charge in [0.05, 0.1) is 4.47 Å². The maximum Gasteiger partial charge on any atom is 0.142 e. The topological polar surface area (TPSA) is 28.2 Å². The van der Waals surface area contributed by atoms with E-state index in [2.05, 4.69) is 44.1 Å². The van der Waals surface area contributed by atoms with E-state index in [0.29, 0.717) is 0 Å². The predicted octanol–water partition coefficient (Wildman–Crippen LogP) is 3.12. The fraction of sp³-hybridized carbons (Fsp3) is 0.667. The third-order valence-corrected chi connectivity index (χ3v) is 4.73. The van der Waals surface area contributed by atoms with Gasteiger partial charge in [-0.3, -0.25) is 0 Å². The number of anilines is 1. The molecule has 1 aromatic rings. The first-order chi connectivity index (χ1) is 9.22. The van der Waals surface area contributed by atoms with Crippen LogP contribution in [0.3, 0.4) is 0 Å². The van der Waals surface area contributed by atoms with Crippen molar-refractivity contribution in [2.75, 3.05) is 24.5 Å². The molecule has 1 saturated heterocycles. The van der Waals surface area contributed by atoms with E-state index in [4.69, 9.17) is 0 Å². The lowest BCUT2D eigenvalue weighted by Gasteiger charge is -2.33. The third kappa shape index (κ3) is 3.48. The summed E-state index contributed by atoms with van der Waals surface area (Å²) in [4.78, 5) is 6.99. The summed E-state index contributed by atoms with van der Waals surface area (Å²) < 4.78 is 1.13. The second-order valence-corrected chi connectivity index (χ2v) is 6.79. The smallest absolute Gasteiger partial charge is 0.142 e. The minimum absolute atomic E-state index is 0.839.